The molecule has 0 radical (unpaired) electrons. The molecule has 5 atom stereocenters. The third-order valence-corrected chi connectivity index (χ3v) is 18.5. The Morgan fingerprint density at radius 1 is 1.00 bits per heavy atom. The van der Waals surface area contributed by atoms with Crippen molar-refractivity contribution in [3.05, 3.63) is 32.6 Å². The van der Waals surface area contributed by atoms with Crippen molar-refractivity contribution in [2.24, 2.45) is 0 Å². The third-order valence-electron chi connectivity index (χ3n) is 8.31. The fraction of sp³-hybridized carbons (Fsp3) is 0.833. The first-order valence-corrected chi connectivity index (χ1v) is 17.1. The maximum atomic E-state index is 12.9. The van der Waals surface area contributed by atoms with Gasteiger partial charge < -0.3 is 17.7 Å². The number of H-pyrrole nitrogens is 1. The monoisotopic (exact) mass is 541 g/mol. The van der Waals surface area contributed by atoms with E-state index in [-0.39, 0.29) is 34.8 Å². The molecular formula is C24H43N3O7Si2. The quantitative estimate of drug-likeness (QED) is 0.546. The SMILES string of the molecule is Cc1cn([C@@H]2O[C@]34CO[Si](C(C)C)(C(C)C)O[Si](C(C)C)(C(C)C)O[C@@H]3C2ON[C@@H]4C)c(=O)[nH]c1=O. The smallest absolute Gasteiger partial charge is 0.335 e. The molecule has 1 unspecified atom stereocenters. The molecule has 4 rings (SSSR count). The molecule has 0 aromatic carbocycles. The van der Waals surface area contributed by atoms with Crippen molar-refractivity contribution in [3.8, 4) is 0 Å². The lowest BCUT2D eigenvalue weighted by atomic mass is 9.88. The van der Waals surface area contributed by atoms with Crippen LogP contribution in [0.15, 0.2) is 15.8 Å². The molecule has 2 N–H and O–H groups in total. The summed E-state index contributed by atoms with van der Waals surface area (Å²) in [6, 6.07) is -0.279. The van der Waals surface area contributed by atoms with Gasteiger partial charge >= 0.3 is 22.8 Å². The summed E-state index contributed by atoms with van der Waals surface area (Å²) in [6.45, 7) is 21.3. The topological polar surface area (TPSA) is 113 Å². The van der Waals surface area contributed by atoms with Crippen LogP contribution in [0.25, 0.3) is 0 Å². The second kappa shape index (κ2) is 9.56. The number of aromatic amines is 1. The van der Waals surface area contributed by atoms with Crippen molar-refractivity contribution >= 4 is 17.1 Å². The Kier molecular flexibility index (Phi) is 7.41. The van der Waals surface area contributed by atoms with Crippen molar-refractivity contribution in [2.75, 3.05) is 6.61 Å². The fourth-order valence-corrected chi connectivity index (χ4v) is 17.3. The fourth-order valence-electron chi connectivity index (χ4n) is 6.07. The molecule has 36 heavy (non-hydrogen) atoms. The number of aromatic nitrogens is 2. The zero-order valence-electron chi connectivity index (χ0n) is 23.2. The van der Waals surface area contributed by atoms with Gasteiger partial charge in [-0.25, -0.2) is 4.79 Å². The lowest BCUT2D eigenvalue weighted by molar-refractivity contribution is -0.188. The average molecular weight is 542 g/mol. The normalized spacial score (nSPS) is 33.7. The standard InChI is InChI=1S/C24H43N3O7Si2/c1-13(2)35(14(3)4)30-12-24-18(10)26-32-19(20(24)33-36(34-35,15(5)6)16(7)8)22(31-24)27-11-17(9)21(28)25-23(27)29/h11,13-16,18-20,22,26H,12H2,1-10H3,(H,25,28,29)/t18-,19?,20-,22-,24+/m1/s1. The van der Waals surface area contributed by atoms with Gasteiger partial charge in [0.2, 0.25) is 0 Å². The summed E-state index contributed by atoms with van der Waals surface area (Å²) < 4.78 is 29.7. The van der Waals surface area contributed by atoms with E-state index in [0.29, 0.717) is 5.56 Å². The first kappa shape index (κ1) is 27.9. The number of nitrogens with one attached hydrogen (secondary N) is 2. The Morgan fingerprint density at radius 3 is 2.14 bits per heavy atom. The zero-order chi connectivity index (χ0) is 26.8. The van der Waals surface area contributed by atoms with Gasteiger partial charge in [-0.2, -0.15) is 5.48 Å². The van der Waals surface area contributed by atoms with E-state index in [1.54, 1.807) is 6.92 Å². The molecule has 0 spiro atoms. The molecule has 10 nitrogen and oxygen atoms in total. The van der Waals surface area contributed by atoms with Crippen molar-refractivity contribution in [1.29, 1.82) is 0 Å². The van der Waals surface area contributed by atoms with E-state index in [9.17, 15) is 9.59 Å². The van der Waals surface area contributed by atoms with Crippen molar-refractivity contribution < 1.29 is 22.5 Å². The highest BCUT2D eigenvalue weighted by molar-refractivity contribution is 6.84. The molecule has 3 saturated heterocycles. The summed E-state index contributed by atoms with van der Waals surface area (Å²) in [5.74, 6) is 0. The molecule has 0 aliphatic carbocycles. The largest absolute Gasteiger partial charge is 0.414 e. The van der Waals surface area contributed by atoms with E-state index in [4.69, 9.17) is 22.5 Å². The number of aryl methyl sites for hydroxylation is 1. The minimum absolute atomic E-state index is 0.140. The highest BCUT2D eigenvalue weighted by Crippen LogP contribution is 2.53. The maximum absolute atomic E-state index is 12.9. The number of nitrogens with zero attached hydrogens (tertiary/aromatic N) is 1. The van der Waals surface area contributed by atoms with Gasteiger partial charge in [0, 0.05) is 11.8 Å². The molecule has 1 aromatic heterocycles. The van der Waals surface area contributed by atoms with E-state index in [1.807, 2.05) is 6.92 Å². The number of rotatable bonds is 5. The summed E-state index contributed by atoms with van der Waals surface area (Å²) >= 11 is 0. The molecule has 0 amide bonds. The van der Waals surface area contributed by atoms with Gasteiger partial charge in [0.25, 0.3) is 5.56 Å². The first-order valence-electron chi connectivity index (χ1n) is 13.1. The molecule has 0 saturated carbocycles. The average Bonchev–Trinajstić information content (AvgIpc) is 2.98. The van der Waals surface area contributed by atoms with Gasteiger partial charge in [0.15, 0.2) is 12.3 Å². The molecule has 4 heterocycles. The van der Waals surface area contributed by atoms with Gasteiger partial charge in [-0.1, -0.05) is 55.4 Å². The van der Waals surface area contributed by atoms with E-state index in [1.165, 1.54) is 10.8 Å². The predicted molar refractivity (Wildman–Crippen MR) is 140 cm³/mol. The zero-order valence-corrected chi connectivity index (χ0v) is 25.2. The van der Waals surface area contributed by atoms with Crippen LogP contribution in [0.2, 0.25) is 22.2 Å². The molecule has 204 valence electrons. The highest BCUT2D eigenvalue weighted by atomic mass is 28.5. The Balaban J connectivity index is 1.91. The molecule has 12 heteroatoms. The molecule has 3 aliphatic heterocycles. The van der Waals surface area contributed by atoms with Gasteiger partial charge in [-0.15, -0.1) is 0 Å². The first-order chi connectivity index (χ1) is 16.7. The summed E-state index contributed by atoms with van der Waals surface area (Å²) in [7, 11) is -5.72. The molecule has 3 fully saturated rings. The van der Waals surface area contributed by atoms with Gasteiger partial charge in [-0.05, 0) is 36.0 Å². The molecule has 2 bridgehead atoms. The number of hydrogen-bond acceptors (Lipinski definition) is 8. The summed E-state index contributed by atoms with van der Waals surface area (Å²) in [4.78, 5) is 33.4. The van der Waals surface area contributed by atoms with Gasteiger partial charge in [0.05, 0.1) is 12.6 Å². The van der Waals surface area contributed by atoms with Crippen LogP contribution < -0.4 is 16.7 Å². The van der Waals surface area contributed by atoms with Crippen LogP contribution >= 0.6 is 0 Å². The van der Waals surface area contributed by atoms with Crippen molar-refractivity contribution in [3.63, 3.8) is 0 Å². The van der Waals surface area contributed by atoms with Gasteiger partial charge in [0.1, 0.15) is 11.7 Å². The Hall–Kier alpha value is -1.13. The van der Waals surface area contributed by atoms with Crippen molar-refractivity contribution in [1.82, 2.24) is 15.0 Å². The van der Waals surface area contributed by atoms with Crippen LogP contribution in [-0.2, 0) is 22.5 Å². The molecule has 1 aromatic rings. The van der Waals surface area contributed by atoms with Crippen LogP contribution in [-0.4, -0.2) is 57.1 Å². The highest BCUT2D eigenvalue weighted by Gasteiger charge is 2.69. The minimum atomic E-state index is -2.93. The summed E-state index contributed by atoms with van der Waals surface area (Å²) in [6.07, 6.45) is -0.453. The predicted octanol–water partition coefficient (Wildman–Crippen LogP) is 3.36. The van der Waals surface area contributed by atoms with Gasteiger partial charge in [-0.3, -0.25) is 19.2 Å². The van der Waals surface area contributed by atoms with E-state index in [2.05, 4.69) is 65.9 Å². The van der Waals surface area contributed by atoms with E-state index < -0.39 is 52.4 Å². The van der Waals surface area contributed by atoms with E-state index >= 15 is 0 Å². The van der Waals surface area contributed by atoms with Crippen LogP contribution in [0.3, 0.4) is 0 Å². The van der Waals surface area contributed by atoms with Crippen LogP contribution in [0.5, 0.6) is 0 Å². The lowest BCUT2D eigenvalue weighted by Gasteiger charge is -2.55. The number of ether oxygens (including phenoxy) is 1. The maximum Gasteiger partial charge on any atom is 0.335 e. The van der Waals surface area contributed by atoms with E-state index in [0.717, 1.165) is 0 Å². The second-order valence-corrected chi connectivity index (χ2v) is 20.7. The van der Waals surface area contributed by atoms with Crippen LogP contribution in [0.1, 0.15) is 74.1 Å². The van der Waals surface area contributed by atoms with Crippen LogP contribution in [0, 0.1) is 6.92 Å². The number of hydroxylamine groups is 1. The van der Waals surface area contributed by atoms with Crippen molar-refractivity contribution in [2.45, 2.75) is 121 Å². The molecular weight excluding hydrogens is 498 g/mol. The molecule has 3 aliphatic rings. The second-order valence-electron chi connectivity index (χ2n) is 11.9. The number of hydrogen-bond donors (Lipinski definition) is 2. The Bertz CT molecular complexity index is 1070. The Labute approximate surface area is 215 Å². The third kappa shape index (κ3) is 4.04. The van der Waals surface area contributed by atoms with Crippen LogP contribution in [0.4, 0.5) is 0 Å². The minimum Gasteiger partial charge on any atom is -0.414 e. The Morgan fingerprint density at radius 2 is 1.58 bits per heavy atom. The lowest BCUT2D eigenvalue weighted by Crippen LogP contribution is -2.73. The summed E-state index contributed by atoms with van der Waals surface area (Å²) in [5, 5.41) is 0. The summed E-state index contributed by atoms with van der Waals surface area (Å²) in [5.41, 5.74) is 2.31.